The summed E-state index contributed by atoms with van der Waals surface area (Å²) in [5, 5.41) is 0. The van der Waals surface area contributed by atoms with Crippen LogP contribution in [0.4, 0.5) is 0 Å². The first-order valence-corrected chi connectivity index (χ1v) is 8.49. The molecule has 0 saturated heterocycles. The zero-order valence-corrected chi connectivity index (χ0v) is 15.9. The fraction of sp³-hybridized carbons (Fsp3) is 0.684. The van der Waals surface area contributed by atoms with Crippen molar-refractivity contribution in [1.82, 2.24) is 0 Å². The third kappa shape index (κ3) is 4.42. The molecule has 0 heterocycles. The van der Waals surface area contributed by atoms with E-state index in [1.807, 2.05) is 0 Å². The lowest BCUT2D eigenvalue weighted by molar-refractivity contribution is 0.381. The molecular weight excluding hydrogens is 276 g/mol. The summed E-state index contributed by atoms with van der Waals surface area (Å²) in [7, 11) is 1.79. The molecule has 0 saturated carbocycles. The molecule has 0 aliphatic rings. The third-order valence-electron chi connectivity index (χ3n) is 4.06. The van der Waals surface area contributed by atoms with Crippen molar-refractivity contribution in [3.05, 3.63) is 28.8 Å². The molecule has 0 radical (unpaired) electrons. The van der Waals surface area contributed by atoms with Crippen LogP contribution in [0.5, 0.6) is 5.75 Å². The summed E-state index contributed by atoms with van der Waals surface area (Å²) in [6.07, 6.45) is 1.10. The minimum Gasteiger partial charge on any atom is -0.496 e. The standard InChI is InChI=1S/C19H32OS/c1-13(9-10-21)14-11-15(18(2,3)4)17(20-8)16(12-14)19(5,6)7/h11-13,21H,9-10H2,1-8H3. The molecular formula is C19H32OS. The van der Waals surface area contributed by atoms with E-state index in [4.69, 9.17) is 4.74 Å². The normalized spacial score (nSPS) is 14.1. The van der Waals surface area contributed by atoms with Gasteiger partial charge in [0.15, 0.2) is 0 Å². The molecule has 0 aromatic heterocycles. The van der Waals surface area contributed by atoms with Gasteiger partial charge in [0.05, 0.1) is 7.11 Å². The number of hydrogen-bond donors (Lipinski definition) is 1. The molecule has 120 valence electrons. The van der Waals surface area contributed by atoms with Crippen molar-refractivity contribution in [3.8, 4) is 5.75 Å². The Morgan fingerprint density at radius 2 is 1.43 bits per heavy atom. The largest absolute Gasteiger partial charge is 0.496 e. The Hall–Kier alpha value is -0.630. The second-order valence-corrected chi connectivity index (χ2v) is 8.51. The highest BCUT2D eigenvalue weighted by molar-refractivity contribution is 7.80. The van der Waals surface area contributed by atoms with Gasteiger partial charge in [0.1, 0.15) is 5.75 Å². The van der Waals surface area contributed by atoms with Crippen LogP contribution >= 0.6 is 12.6 Å². The molecule has 0 aliphatic heterocycles. The van der Waals surface area contributed by atoms with Gasteiger partial charge in [-0.2, -0.15) is 12.6 Å². The molecule has 0 N–H and O–H groups in total. The molecule has 21 heavy (non-hydrogen) atoms. The van der Waals surface area contributed by atoms with Gasteiger partial charge >= 0.3 is 0 Å². The van der Waals surface area contributed by atoms with Crippen molar-refractivity contribution in [2.24, 2.45) is 0 Å². The van der Waals surface area contributed by atoms with Gasteiger partial charge in [-0.15, -0.1) is 0 Å². The van der Waals surface area contributed by atoms with Crippen LogP contribution in [0, 0.1) is 0 Å². The maximum absolute atomic E-state index is 5.81. The minimum absolute atomic E-state index is 0.0715. The Labute approximate surface area is 136 Å². The van der Waals surface area contributed by atoms with Crippen molar-refractivity contribution >= 4 is 12.6 Å². The average Bonchev–Trinajstić information content (AvgIpc) is 2.35. The SMILES string of the molecule is COc1c(C(C)(C)C)cc(C(C)CCS)cc1C(C)(C)C. The first-order chi connectivity index (χ1) is 9.52. The van der Waals surface area contributed by atoms with E-state index in [0.29, 0.717) is 5.92 Å². The summed E-state index contributed by atoms with van der Waals surface area (Å²) >= 11 is 4.39. The molecule has 1 aromatic rings. The van der Waals surface area contributed by atoms with Gasteiger partial charge in [-0.1, -0.05) is 60.6 Å². The number of benzene rings is 1. The van der Waals surface area contributed by atoms with Crippen LogP contribution in [0.1, 0.15) is 77.5 Å². The molecule has 1 nitrogen and oxygen atoms in total. The lowest BCUT2D eigenvalue weighted by Crippen LogP contribution is -2.20. The molecule has 1 aromatic carbocycles. The van der Waals surface area contributed by atoms with Gasteiger partial charge in [-0.25, -0.2) is 0 Å². The van der Waals surface area contributed by atoms with Crippen molar-refractivity contribution in [3.63, 3.8) is 0 Å². The van der Waals surface area contributed by atoms with Crippen molar-refractivity contribution in [1.29, 1.82) is 0 Å². The Balaban J connectivity index is 3.59. The topological polar surface area (TPSA) is 9.23 Å². The van der Waals surface area contributed by atoms with Crippen LogP contribution in [0.15, 0.2) is 12.1 Å². The summed E-state index contributed by atoms with van der Waals surface area (Å²) in [6, 6.07) is 4.67. The van der Waals surface area contributed by atoms with E-state index in [1.54, 1.807) is 7.11 Å². The fourth-order valence-electron chi connectivity index (χ4n) is 2.63. The van der Waals surface area contributed by atoms with Crippen LogP contribution in [0.25, 0.3) is 0 Å². The Morgan fingerprint density at radius 1 is 1.00 bits per heavy atom. The minimum atomic E-state index is 0.0715. The summed E-state index contributed by atoms with van der Waals surface area (Å²) in [4.78, 5) is 0. The van der Waals surface area contributed by atoms with Gasteiger partial charge in [-0.3, -0.25) is 0 Å². The molecule has 0 amide bonds. The van der Waals surface area contributed by atoms with Gasteiger partial charge in [0, 0.05) is 11.1 Å². The second-order valence-electron chi connectivity index (χ2n) is 8.06. The highest BCUT2D eigenvalue weighted by Crippen LogP contribution is 2.42. The Kier molecular flexibility index (Phi) is 5.83. The van der Waals surface area contributed by atoms with Crippen LogP contribution in [0.3, 0.4) is 0 Å². The van der Waals surface area contributed by atoms with Crippen molar-refractivity contribution < 1.29 is 4.74 Å². The average molecular weight is 309 g/mol. The number of thiol groups is 1. The van der Waals surface area contributed by atoms with Crippen LogP contribution < -0.4 is 4.74 Å². The van der Waals surface area contributed by atoms with Crippen molar-refractivity contribution in [2.75, 3.05) is 12.9 Å². The van der Waals surface area contributed by atoms with Crippen LogP contribution in [-0.4, -0.2) is 12.9 Å². The van der Waals surface area contributed by atoms with Gasteiger partial charge < -0.3 is 4.74 Å². The van der Waals surface area contributed by atoms with E-state index < -0.39 is 0 Å². The fourth-order valence-corrected chi connectivity index (χ4v) is 3.02. The number of methoxy groups -OCH3 is 1. The third-order valence-corrected chi connectivity index (χ3v) is 4.32. The maximum Gasteiger partial charge on any atom is 0.126 e. The predicted octanol–water partition coefficient (Wildman–Crippen LogP) is 5.71. The maximum atomic E-state index is 5.81. The Morgan fingerprint density at radius 3 is 1.71 bits per heavy atom. The van der Waals surface area contributed by atoms with Crippen molar-refractivity contribution in [2.45, 2.75) is 71.6 Å². The number of rotatable bonds is 4. The molecule has 0 spiro atoms. The molecule has 0 bridgehead atoms. The van der Waals surface area contributed by atoms with E-state index in [2.05, 4.69) is 73.2 Å². The lowest BCUT2D eigenvalue weighted by atomic mass is 9.77. The molecule has 2 heteroatoms. The lowest BCUT2D eigenvalue weighted by Gasteiger charge is -2.31. The summed E-state index contributed by atoms with van der Waals surface area (Å²) in [6.45, 7) is 15.8. The van der Waals surface area contributed by atoms with E-state index in [1.165, 1.54) is 16.7 Å². The van der Waals surface area contributed by atoms with Crippen LogP contribution in [0.2, 0.25) is 0 Å². The summed E-state index contributed by atoms with van der Waals surface area (Å²) in [5.74, 6) is 2.50. The van der Waals surface area contributed by atoms with E-state index >= 15 is 0 Å². The van der Waals surface area contributed by atoms with Gasteiger partial charge in [0.25, 0.3) is 0 Å². The zero-order chi connectivity index (χ0) is 16.4. The first kappa shape index (κ1) is 18.4. The molecule has 1 unspecified atom stereocenters. The van der Waals surface area contributed by atoms with E-state index in [-0.39, 0.29) is 10.8 Å². The smallest absolute Gasteiger partial charge is 0.126 e. The van der Waals surface area contributed by atoms with E-state index in [0.717, 1.165) is 17.9 Å². The zero-order valence-electron chi connectivity index (χ0n) is 15.0. The molecule has 0 fully saturated rings. The summed E-state index contributed by atoms with van der Waals surface area (Å²) in [5.41, 5.74) is 4.15. The number of hydrogen-bond acceptors (Lipinski definition) is 2. The highest BCUT2D eigenvalue weighted by atomic mass is 32.1. The van der Waals surface area contributed by atoms with Gasteiger partial charge in [0.2, 0.25) is 0 Å². The monoisotopic (exact) mass is 308 g/mol. The highest BCUT2D eigenvalue weighted by Gasteiger charge is 2.28. The predicted molar refractivity (Wildman–Crippen MR) is 97.3 cm³/mol. The molecule has 0 aliphatic carbocycles. The van der Waals surface area contributed by atoms with E-state index in [9.17, 15) is 0 Å². The van der Waals surface area contributed by atoms with Crippen LogP contribution in [-0.2, 0) is 10.8 Å². The van der Waals surface area contributed by atoms with Gasteiger partial charge in [-0.05, 0) is 34.5 Å². The second kappa shape index (κ2) is 6.64. The first-order valence-electron chi connectivity index (χ1n) is 7.86. The number of ether oxygens (including phenoxy) is 1. The molecule has 1 atom stereocenters. The summed E-state index contributed by atoms with van der Waals surface area (Å²) < 4.78 is 5.81. The Bertz CT molecular complexity index is 442. The molecule has 1 rings (SSSR count). The quantitative estimate of drug-likeness (QED) is 0.700.